The third-order valence-electron chi connectivity index (χ3n) is 4.32. The molecule has 0 unspecified atom stereocenters. The van der Waals surface area contributed by atoms with Crippen molar-refractivity contribution in [2.45, 2.75) is 105 Å². The summed E-state index contributed by atoms with van der Waals surface area (Å²) in [7, 11) is -3.68. The number of rotatable bonds is 3. The van der Waals surface area contributed by atoms with Gasteiger partial charge in [0.15, 0.2) is 0 Å². The van der Waals surface area contributed by atoms with Gasteiger partial charge in [-0.15, -0.1) is 0 Å². The SMILES string of the molecule is CC(C)(C)N=CCN(C(C)(C)C)[Si]1(F)N(C(C)(C)C)C=CN1C(C)(C)C. The van der Waals surface area contributed by atoms with Crippen molar-refractivity contribution in [3.8, 4) is 0 Å². The molecule has 0 aromatic heterocycles. The van der Waals surface area contributed by atoms with E-state index in [1.165, 1.54) is 0 Å². The number of aliphatic imine (C=N–C) groups is 1. The van der Waals surface area contributed by atoms with Gasteiger partial charge in [-0.05, 0) is 83.1 Å². The molecule has 0 aromatic rings. The Morgan fingerprint density at radius 1 is 0.846 bits per heavy atom. The maximum absolute atomic E-state index is 17.2. The van der Waals surface area contributed by atoms with Crippen LogP contribution in [0.3, 0.4) is 0 Å². The number of nitrogens with zero attached hydrogens (tertiary/aromatic N) is 4. The largest absolute Gasteiger partial charge is 0.552 e. The summed E-state index contributed by atoms with van der Waals surface area (Å²) in [6, 6.07) is 0. The molecule has 4 nitrogen and oxygen atoms in total. The van der Waals surface area contributed by atoms with Crippen LogP contribution >= 0.6 is 0 Å². The van der Waals surface area contributed by atoms with Crippen LogP contribution in [0.1, 0.15) is 83.1 Å². The Labute approximate surface area is 162 Å². The Kier molecular flexibility index (Phi) is 6.17. The lowest BCUT2D eigenvalue weighted by Gasteiger charge is -2.54. The van der Waals surface area contributed by atoms with Crippen molar-refractivity contribution in [3.63, 3.8) is 0 Å². The zero-order chi connectivity index (χ0) is 20.8. The summed E-state index contributed by atoms with van der Waals surface area (Å²) in [4.78, 5) is 4.62. The highest BCUT2D eigenvalue weighted by atomic mass is 28.4. The van der Waals surface area contributed by atoms with E-state index in [-0.39, 0.29) is 22.2 Å². The lowest BCUT2D eigenvalue weighted by Crippen LogP contribution is -2.76. The molecule has 6 heteroatoms. The molecule has 1 aliphatic rings. The molecule has 0 spiro atoms. The molecular formula is C20H41FN4Si. The third-order valence-corrected chi connectivity index (χ3v) is 8.73. The molecule has 0 atom stereocenters. The molecule has 0 saturated heterocycles. The first-order chi connectivity index (χ1) is 11.3. The van der Waals surface area contributed by atoms with Crippen LogP contribution < -0.4 is 0 Å². The molecule has 152 valence electrons. The fraction of sp³-hybridized carbons (Fsp3) is 0.850. The normalized spacial score (nSPS) is 19.3. The molecular weight excluding hydrogens is 343 g/mol. The van der Waals surface area contributed by atoms with Gasteiger partial charge >= 0.3 is 8.89 Å². The van der Waals surface area contributed by atoms with Gasteiger partial charge in [0, 0.05) is 41.8 Å². The van der Waals surface area contributed by atoms with Crippen LogP contribution in [0.15, 0.2) is 17.4 Å². The van der Waals surface area contributed by atoms with Crippen molar-refractivity contribution >= 4 is 15.1 Å². The van der Waals surface area contributed by atoms with E-state index in [0.717, 1.165) is 0 Å². The van der Waals surface area contributed by atoms with Crippen LogP contribution in [0.4, 0.5) is 4.11 Å². The molecule has 1 heterocycles. The van der Waals surface area contributed by atoms with E-state index in [0.29, 0.717) is 6.54 Å². The van der Waals surface area contributed by atoms with Crippen LogP contribution in [0.25, 0.3) is 0 Å². The summed E-state index contributed by atoms with van der Waals surface area (Å²) >= 11 is 0. The fourth-order valence-corrected chi connectivity index (χ4v) is 7.35. The maximum Gasteiger partial charge on any atom is 0.552 e. The third kappa shape index (κ3) is 5.09. The maximum atomic E-state index is 17.2. The average molecular weight is 385 g/mol. The first kappa shape index (κ1) is 23.2. The zero-order valence-corrected chi connectivity index (χ0v) is 20.1. The van der Waals surface area contributed by atoms with E-state index in [4.69, 9.17) is 0 Å². The van der Waals surface area contributed by atoms with Gasteiger partial charge in [0.2, 0.25) is 0 Å². The van der Waals surface area contributed by atoms with E-state index in [1.54, 1.807) is 0 Å². The Bertz CT molecular complexity index is 520. The van der Waals surface area contributed by atoms with Gasteiger partial charge in [-0.25, -0.2) is 4.11 Å². The Morgan fingerprint density at radius 3 is 1.50 bits per heavy atom. The lowest BCUT2D eigenvalue weighted by molar-refractivity contribution is 0.131. The highest BCUT2D eigenvalue weighted by molar-refractivity contribution is 6.66. The minimum atomic E-state index is -3.68. The second-order valence-electron chi connectivity index (χ2n) is 11.2. The zero-order valence-electron chi connectivity index (χ0n) is 19.1. The van der Waals surface area contributed by atoms with Crippen molar-refractivity contribution in [1.29, 1.82) is 0 Å². The van der Waals surface area contributed by atoms with Crippen molar-refractivity contribution in [3.05, 3.63) is 12.4 Å². The standard InChI is InChI=1S/C20H41FN4Si/c1-17(2,3)22-13-14-23(18(4,5)6)26(21)24(19(7,8)9)15-16-25(26)20(10,11)12/h13,15-16H,14H2,1-12H3. The highest BCUT2D eigenvalue weighted by Gasteiger charge is 2.63. The fourth-order valence-electron chi connectivity index (χ4n) is 3.21. The van der Waals surface area contributed by atoms with Gasteiger partial charge in [-0.1, -0.05) is 0 Å². The van der Waals surface area contributed by atoms with Crippen molar-refractivity contribution in [2.75, 3.05) is 6.54 Å². The lowest BCUT2D eigenvalue weighted by atomic mass is 10.1. The summed E-state index contributed by atoms with van der Waals surface area (Å²) in [5.74, 6) is 0. The monoisotopic (exact) mass is 384 g/mol. The first-order valence-electron chi connectivity index (χ1n) is 9.59. The summed E-state index contributed by atoms with van der Waals surface area (Å²) in [5.41, 5.74) is -1.09. The number of hydrogen-bond donors (Lipinski definition) is 0. The molecule has 0 saturated carbocycles. The Balaban J connectivity index is 3.46. The molecule has 0 aromatic carbocycles. The van der Waals surface area contributed by atoms with Crippen LogP contribution in [-0.4, -0.2) is 57.5 Å². The van der Waals surface area contributed by atoms with Gasteiger partial charge in [-0.2, -0.15) is 0 Å². The Morgan fingerprint density at radius 2 is 1.23 bits per heavy atom. The predicted octanol–water partition coefficient (Wildman–Crippen LogP) is 5.05. The van der Waals surface area contributed by atoms with Crippen molar-refractivity contribution < 1.29 is 4.11 Å². The topological polar surface area (TPSA) is 22.1 Å². The van der Waals surface area contributed by atoms with Gasteiger partial charge in [-0.3, -0.25) is 9.56 Å². The predicted molar refractivity (Wildman–Crippen MR) is 114 cm³/mol. The van der Waals surface area contributed by atoms with E-state index < -0.39 is 8.89 Å². The van der Waals surface area contributed by atoms with Crippen LogP contribution in [0, 0.1) is 0 Å². The Hall–Kier alpha value is -0.883. The van der Waals surface area contributed by atoms with Crippen LogP contribution in [0.5, 0.6) is 0 Å². The van der Waals surface area contributed by atoms with Gasteiger partial charge < -0.3 is 9.13 Å². The molecule has 26 heavy (non-hydrogen) atoms. The van der Waals surface area contributed by atoms with Gasteiger partial charge in [0.1, 0.15) is 0 Å². The molecule has 0 N–H and O–H groups in total. The number of hydrogen-bond acceptors (Lipinski definition) is 4. The summed E-state index contributed by atoms with van der Waals surface area (Å²) in [6.45, 7) is 25.4. The molecule has 0 bridgehead atoms. The van der Waals surface area contributed by atoms with E-state index in [9.17, 15) is 0 Å². The minimum absolute atomic E-state index is 0.157. The van der Waals surface area contributed by atoms with Gasteiger partial charge in [0.25, 0.3) is 0 Å². The summed E-state index contributed by atoms with van der Waals surface area (Å²) < 4.78 is 23.2. The number of halogens is 1. The smallest absolute Gasteiger partial charge is 0.344 e. The summed E-state index contributed by atoms with van der Waals surface area (Å²) in [5, 5.41) is 0. The van der Waals surface area contributed by atoms with Crippen LogP contribution in [0.2, 0.25) is 0 Å². The first-order valence-corrected chi connectivity index (χ1v) is 11.3. The second-order valence-corrected chi connectivity index (χ2v) is 13.8. The molecule has 1 aliphatic heterocycles. The average Bonchev–Trinajstić information content (AvgIpc) is 2.69. The molecule has 0 aliphatic carbocycles. The van der Waals surface area contributed by atoms with E-state index >= 15 is 4.11 Å². The quantitative estimate of drug-likeness (QED) is 0.386. The van der Waals surface area contributed by atoms with Crippen molar-refractivity contribution in [2.24, 2.45) is 4.99 Å². The van der Waals surface area contributed by atoms with Crippen LogP contribution in [-0.2, 0) is 0 Å². The van der Waals surface area contributed by atoms with Gasteiger partial charge in [0.05, 0.1) is 5.54 Å². The second kappa shape index (κ2) is 6.93. The summed E-state index contributed by atoms with van der Waals surface area (Å²) in [6.07, 6.45) is 5.77. The molecule has 0 amide bonds. The molecule has 0 fully saturated rings. The minimum Gasteiger partial charge on any atom is -0.344 e. The van der Waals surface area contributed by atoms with E-state index in [2.05, 4.69) is 88.1 Å². The molecule has 0 radical (unpaired) electrons. The van der Waals surface area contributed by atoms with E-state index in [1.807, 2.05) is 32.3 Å². The van der Waals surface area contributed by atoms with Crippen molar-refractivity contribution in [1.82, 2.24) is 13.7 Å². The highest BCUT2D eigenvalue weighted by Crippen LogP contribution is 2.41. The molecule has 1 rings (SSSR count).